The number of nitrogens with zero attached hydrogens (tertiary/aromatic N) is 1. The van der Waals surface area contributed by atoms with Crippen LogP contribution in [-0.2, 0) is 4.74 Å². The minimum Gasteiger partial charge on any atom is -0.450 e. The van der Waals surface area contributed by atoms with E-state index in [1.807, 2.05) is 6.92 Å². The first-order chi connectivity index (χ1) is 7.22. The summed E-state index contributed by atoms with van der Waals surface area (Å²) in [7, 11) is 0. The molecule has 1 rings (SSSR count). The van der Waals surface area contributed by atoms with E-state index in [9.17, 15) is 4.79 Å². The minimum absolute atomic E-state index is 0.300. The summed E-state index contributed by atoms with van der Waals surface area (Å²) in [5.74, 6) is 0.493. The lowest BCUT2D eigenvalue weighted by molar-refractivity contribution is 0.149. The van der Waals surface area contributed by atoms with Gasteiger partial charge in [0.05, 0.1) is 6.61 Å². The van der Waals surface area contributed by atoms with Crippen molar-refractivity contribution in [1.29, 1.82) is 0 Å². The Labute approximate surface area is 92.0 Å². The average molecular weight is 214 g/mol. The van der Waals surface area contributed by atoms with Gasteiger partial charge in [0, 0.05) is 13.1 Å². The molecule has 88 valence electrons. The third kappa shape index (κ3) is 5.02. The van der Waals surface area contributed by atoms with Crippen LogP contribution in [0, 0.1) is 5.92 Å². The molecule has 0 spiro atoms. The van der Waals surface area contributed by atoms with Crippen LogP contribution in [-0.4, -0.2) is 43.8 Å². The first-order valence-electron chi connectivity index (χ1n) is 5.85. The normalized spacial score (nSPS) is 18.8. The zero-order valence-corrected chi connectivity index (χ0v) is 9.79. The number of carbonyl (C=O) groups excluding carboxylic acids is 1. The van der Waals surface area contributed by atoms with Crippen molar-refractivity contribution in [2.24, 2.45) is 5.92 Å². The highest BCUT2D eigenvalue weighted by Crippen LogP contribution is 2.09. The Bertz CT molecular complexity index is 191. The van der Waals surface area contributed by atoms with E-state index < -0.39 is 0 Å². The standard InChI is InChI=1S/C11H22N2O2/c1-3-15-11(14)12-8-10(2)9-13-6-4-5-7-13/h10H,3-9H2,1-2H3,(H,12,14). The van der Waals surface area contributed by atoms with Crippen molar-refractivity contribution in [1.82, 2.24) is 10.2 Å². The number of likely N-dealkylation sites (tertiary alicyclic amines) is 1. The van der Waals surface area contributed by atoms with Gasteiger partial charge in [-0.05, 0) is 38.8 Å². The smallest absolute Gasteiger partial charge is 0.407 e. The number of nitrogens with one attached hydrogen (secondary N) is 1. The van der Waals surface area contributed by atoms with Crippen LogP contribution in [0.3, 0.4) is 0 Å². The van der Waals surface area contributed by atoms with Gasteiger partial charge in [-0.2, -0.15) is 0 Å². The fourth-order valence-corrected chi connectivity index (χ4v) is 1.91. The Hall–Kier alpha value is -0.770. The molecule has 1 fully saturated rings. The molecule has 1 amide bonds. The summed E-state index contributed by atoms with van der Waals surface area (Å²) in [6, 6.07) is 0. The van der Waals surface area contributed by atoms with Gasteiger partial charge in [-0.25, -0.2) is 4.79 Å². The van der Waals surface area contributed by atoms with Crippen LogP contribution in [0.1, 0.15) is 26.7 Å². The Morgan fingerprint density at radius 1 is 1.47 bits per heavy atom. The van der Waals surface area contributed by atoms with Crippen molar-refractivity contribution in [3.63, 3.8) is 0 Å². The number of amides is 1. The predicted octanol–water partition coefficient (Wildman–Crippen LogP) is 1.46. The summed E-state index contributed by atoms with van der Waals surface area (Å²) in [4.78, 5) is 13.5. The number of hydrogen-bond acceptors (Lipinski definition) is 3. The van der Waals surface area contributed by atoms with Gasteiger partial charge in [0.2, 0.25) is 0 Å². The molecule has 1 saturated heterocycles. The molecular formula is C11H22N2O2. The lowest BCUT2D eigenvalue weighted by atomic mass is 10.1. The van der Waals surface area contributed by atoms with E-state index in [1.165, 1.54) is 25.9 Å². The Morgan fingerprint density at radius 3 is 2.73 bits per heavy atom. The lowest BCUT2D eigenvalue weighted by Gasteiger charge is -2.20. The number of ether oxygens (including phenoxy) is 1. The summed E-state index contributed by atoms with van der Waals surface area (Å²) < 4.78 is 4.80. The van der Waals surface area contributed by atoms with Gasteiger partial charge >= 0.3 is 6.09 Å². The van der Waals surface area contributed by atoms with E-state index in [1.54, 1.807) is 0 Å². The number of alkyl carbamates (subject to hydrolysis) is 1. The van der Waals surface area contributed by atoms with Crippen LogP contribution < -0.4 is 5.32 Å². The first-order valence-corrected chi connectivity index (χ1v) is 5.85. The number of carbonyl (C=O) groups is 1. The topological polar surface area (TPSA) is 41.6 Å². The molecule has 0 radical (unpaired) electrons. The van der Waals surface area contributed by atoms with Gasteiger partial charge in [0.15, 0.2) is 0 Å². The highest BCUT2D eigenvalue weighted by molar-refractivity contribution is 5.66. The van der Waals surface area contributed by atoms with Gasteiger partial charge in [-0.3, -0.25) is 0 Å². The second-order valence-corrected chi connectivity index (χ2v) is 4.21. The van der Waals surface area contributed by atoms with Crippen LogP contribution in [0.15, 0.2) is 0 Å². The SMILES string of the molecule is CCOC(=O)NCC(C)CN1CCCC1. The number of rotatable bonds is 5. The average Bonchev–Trinajstić information content (AvgIpc) is 2.68. The van der Waals surface area contributed by atoms with Gasteiger partial charge in [-0.1, -0.05) is 6.92 Å². The molecule has 4 nitrogen and oxygen atoms in total. The maximum absolute atomic E-state index is 11.0. The summed E-state index contributed by atoms with van der Waals surface area (Å²) in [5.41, 5.74) is 0. The van der Waals surface area contributed by atoms with Crippen molar-refractivity contribution in [2.45, 2.75) is 26.7 Å². The summed E-state index contributed by atoms with van der Waals surface area (Å²) in [5, 5.41) is 2.77. The fourth-order valence-electron chi connectivity index (χ4n) is 1.91. The summed E-state index contributed by atoms with van der Waals surface area (Å²) >= 11 is 0. The molecule has 0 saturated carbocycles. The van der Waals surface area contributed by atoms with Crippen molar-refractivity contribution in [2.75, 3.05) is 32.8 Å². The van der Waals surface area contributed by atoms with E-state index in [4.69, 9.17) is 4.74 Å². The molecule has 15 heavy (non-hydrogen) atoms. The van der Waals surface area contributed by atoms with E-state index in [0.717, 1.165) is 6.54 Å². The van der Waals surface area contributed by atoms with Crippen molar-refractivity contribution < 1.29 is 9.53 Å². The zero-order valence-electron chi connectivity index (χ0n) is 9.79. The maximum atomic E-state index is 11.0. The molecule has 1 atom stereocenters. The third-order valence-electron chi connectivity index (χ3n) is 2.64. The van der Waals surface area contributed by atoms with E-state index in [2.05, 4.69) is 17.1 Å². The molecule has 0 aromatic carbocycles. The summed E-state index contributed by atoms with van der Waals surface area (Å²) in [6.07, 6.45) is 2.33. The van der Waals surface area contributed by atoms with Gasteiger partial charge in [0.25, 0.3) is 0 Å². The maximum Gasteiger partial charge on any atom is 0.407 e. The molecule has 0 bridgehead atoms. The summed E-state index contributed by atoms with van der Waals surface area (Å²) in [6.45, 7) is 8.61. The van der Waals surface area contributed by atoms with E-state index in [0.29, 0.717) is 19.1 Å². The monoisotopic (exact) mass is 214 g/mol. The molecule has 4 heteroatoms. The second-order valence-electron chi connectivity index (χ2n) is 4.21. The first kappa shape index (κ1) is 12.3. The largest absolute Gasteiger partial charge is 0.450 e. The molecule has 1 N–H and O–H groups in total. The molecule has 1 unspecified atom stereocenters. The van der Waals surface area contributed by atoms with Crippen molar-refractivity contribution >= 4 is 6.09 Å². The van der Waals surface area contributed by atoms with Crippen LogP contribution in [0.4, 0.5) is 4.79 Å². The van der Waals surface area contributed by atoms with E-state index >= 15 is 0 Å². The van der Waals surface area contributed by atoms with Crippen molar-refractivity contribution in [3.8, 4) is 0 Å². The van der Waals surface area contributed by atoms with E-state index in [-0.39, 0.29) is 6.09 Å². The minimum atomic E-state index is -0.300. The Balaban J connectivity index is 2.07. The molecule has 0 aromatic heterocycles. The third-order valence-corrected chi connectivity index (χ3v) is 2.64. The van der Waals surface area contributed by atoms with Crippen LogP contribution in [0.5, 0.6) is 0 Å². The fraction of sp³-hybridized carbons (Fsp3) is 0.909. The number of hydrogen-bond donors (Lipinski definition) is 1. The van der Waals surface area contributed by atoms with Gasteiger partial charge < -0.3 is 15.0 Å². The van der Waals surface area contributed by atoms with Gasteiger partial charge in [-0.15, -0.1) is 0 Å². The molecular weight excluding hydrogens is 192 g/mol. The van der Waals surface area contributed by atoms with Gasteiger partial charge in [0.1, 0.15) is 0 Å². The molecule has 0 aromatic rings. The van der Waals surface area contributed by atoms with Crippen LogP contribution in [0.25, 0.3) is 0 Å². The van der Waals surface area contributed by atoms with Crippen LogP contribution >= 0.6 is 0 Å². The zero-order chi connectivity index (χ0) is 11.1. The lowest BCUT2D eigenvalue weighted by Crippen LogP contribution is -2.34. The molecule has 0 aliphatic carbocycles. The Morgan fingerprint density at radius 2 is 2.13 bits per heavy atom. The highest BCUT2D eigenvalue weighted by atomic mass is 16.5. The van der Waals surface area contributed by atoms with Crippen LogP contribution in [0.2, 0.25) is 0 Å². The predicted molar refractivity (Wildman–Crippen MR) is 59.9 cm³/mol. The Kier molecular flexibility index (Phi) is 5.47. The molecule has 1 aliphatic heterocycles. The van der Waals surface area contributed by atoms with Crippen molar-refractivity contribution in [3.05, 3.63) is 0 Å². The molecule has 1 aliphatic rings. The quantitative estimate of drug-likeness (QED) is 0.753. The highest BCUT2D eigenvalue weighted by Gasteiger charge is 2.14. The molecule has 1 heterocycles. The second kappa shape index (κ2) is 6.67.